The maximum absolute atomic E-state index is 11.0. The second kappa shape index (κ2) is 5.43. The third kappa shape index (κ3) is 2.72. The minimum absolute atomic E-state index is 0.269. The summed E-state index contributed by atoms with van der Waals surface area (Å²) in [7, 11) is 0. The molecule has 0 saturated carbocycles. The van der Waals surface area contributed by atoms with Crippen molar-refractivity contribution in [3.8, 4) is 0 Å². The Morgan fingerprint density at radius 1 is 1.47 bits per heavy atom. The third-order valence-electron chi connectivity index (χ3n) is 3.86. The van der Waals surface area contributed by atoms with E-state index in [9.17, 15) is 4.79 Å². The fourth-order valence-electron chi connectivity index (χ4n) is 2.93. The summed E-state index contributed by atoms with van der Waals surface area (Å²) in [4.78, 5) is 11.0. The van der Waals surface area contributed by atoms with Crippen LogP contribution in [0.3, 0.4) is 0 Å². The summed E-state index contributed by atoms with van der Waals surface area (Å²) in [6, 6.07) is 6.20. The normalized spacial score (nSPS) is 25.7. The molecule has 2 aliphatic rings. The molecule has 2 atom stereocenters. The second-order valence-electron chi connectivity index (χ2n) is 5.31. The van der Waals surface area contributed by atoms with Gasteiger partial charge in [0.1, 0.15) is 0 Å². The van der Waals surface area contributed by atoms with Crippen LogP contribution in [0, 0.1) is 5.92 Å². The maximum atomic E-state index is 11.0. The number of primary amides is 1. The lowest BCUT2D eigenvalue weighted by Crippen LogP contribution is -2.32. The van der Waals surface area contributed by atoms with Crippen molar-refractivity contribution in [3.63, 3.8) is 0 Å². The van der Waals surface area contributed by atoms with Gasteiger partial charge in [-0.05, 0) is 61.0 Å². The van der Waals surface area contributed by atoms with E-state index >= 15 is 0 Å². The fourth-order valence-corrected chi connectivity index (χ4v) is 4.12. The van der Waals surface area contributed by atoms with Crippen molar-refractivity contribution in [2.24, 2.45) is 11.7 Å². The molecule has 4 N–H and O–H groups in total. The van der Waals surface area contributed by atoms with E-state index in [1.165, 1.54) is 24.1 Å². The SMILES string of the molecule is NC(=O)Cc1ccc2c(c1)C([C@@H]1CCCNC1)SN2. The number of amides is 1. The molecule has 1 fully saturated rings. The topological polar surface area (TPSA) is 67.2 Å². The summed E-state index contributed by atoms with van der Waals surface area (Å²) >= 11 is 1.80. The zero-order valence-corrected chi connectivity index (χ0v) is 11.6. The van der Waals surface area contributed by atoms with E-state index in [1.54, 1.807) is 11.9 Å². The van der Waals surface area contributed by atoms with Gasteiger partial charge < -0.3 is 15.8 Å². The lowest BCUT2D eigenvalue weighted by Gasteiger charge is -2.27. The monoisotopic (exact) mass is 277 g/mol. The molecular weight excluding hydrogens is 258 g/mol. The largest absolute Gasteiger partial charge is 0.369 e. The molecule has 0 bridgehead atoms. The van der Waals surface area contributed by atoms with Gasteiger partial charge in [-0.1, -0.05) is 12.1 Å². The first-order valence-electron chi connectivity index (χ1n) is 6.77. The van der Waals surface area contributed by atoms with Crippen LogP contribution in [-0.4, -0.2) is 19.0 Å². The van der Waals surface area contributed by atoms with E-state index in [-0.39, 0.29) is 5.91 Å². The smallest absolute Gasteiger partial charge is 0.221 e. The van der Waals surface area contributed by atoms with Crippen LogP contribution in [0.1, 0.15) is 29.2 Å². The van der Waals surface area contributed by atoms with Crippen LogP contribution in [0.2, 0.25) is 0 Å². The van der Waals surface area contributed by atoms with Crippen LogP contribution in [0.25, 0.3) is 0 Å². The molecule has 0 aromatic heterocycles. The summed E-state index contributed by atoms with van der Waals surface area (Å²) < 4.78 is 3.40. The van der Waals surface area contributed by atoms with E-state index in [0.29, 0.717) is 17.6 Å². The molecule has 19 heavy (non-hydrogen) atoms. The summed E-state index contributed by atoms with van der Waals surface area (Å²) in [5.41, 5.74) is 8.81. The third-order valence-corrected chi connectivity index (χ3v) is 5.09. The number of rotatable bonds is 3. The molecule has 1 amide bonds. The second-order valence-corrected chi connectivity index (χ2v) is 6.26. The number of nitrogens with one attached hydrogen (secondary N) is 2. The Kier molecular flexibility index (Phi) is 3.66. The number of carbonyl (C=O) groups excluding carboxylic acids is 1. The maximum Gasteiger partial charge on any atom is 0.221 e. The van der Waals surface area contributed by atoms with Crippen molar-refractivity contribution in [2.75, 3.05) is 17.8 Å². The highest BCUT2D eigenvalue weighted by molar-refractivity contribution is 8.01. The van der Waals surface area contributed by atoms with E-state index in [0.717, 1.165) is 18.7 Å². The predicted octanol–water partition coefficient (Wildman–Crippen LogP) is 1.83. The zero-order valence-electron chi connectivity index (χ0n) is 10.8. The summed E-state index contributed by atoms with van der Waals surface area (Å²) in [5.74, 6) is 0.394. The average molecular weight is 277 g/mol. The van der Waals surface area contributed by atoms with Gasteiger partial charge >= 0.3 is 0 Å². The number of piperidine rings is 1. The molecule has 0 radical (unpaired) electrons. The van der Waals surface area contributed by atoms with Crippen LogP contribution in [0.4, 0.5) is 5.69 Å². The van der Waals surface area contributed by atoms with Crippen molar-refractivity contribution in [1.29, 1.82) is 0 Å². The highest BCUT2D eigenvalue weighted by Gasteiger charge is 2.31. The molecule has 4 nitrogen and oxygen atoms in total. The number of carbonyl (C=O) groups is 1. The van der Waals surface area contributed by atoms with Crippen LogP contribution in [0.5, 0.6) is 0 Å². The van der Waals surface area contributed by atoms with Crippen molar-refractivity contribution in [2.45, 2.75) is 24.5 Å². The van der Waals surface area contributed by atoms with Gasteiger partial charge in [0.25, 0.3) is 0 Å². The Hall–Kier alpha value is -1.20. The number of fused-ring (bicyclic) bond motifs is 1. The standard InChI is InChI=1S/C14H19N3OS/c15-13(18)7-9-3-4-12-11(6-9)14(19-17-12)10-2-1-5-16-8-10/h3-4,6,10,14,16-17H,1-2,5,7-8H2,(H2,15,18)/t10-,14?/m1/s1. The first-order chi connectivity index (χ1) is 9.24. The number of benzene rings is 1. The molecule has 2 aliphatic heterocycles. The Morgan fingerprint density at radius 2 is 2.37 bits per heavy atom. The zero-order chi connectivity index (χ0) is 13.2. The lowest BCUT2D eigenvalue weighted by molar-refractivity contribution is -0.117. The summed E-state index contributed by atoms with van der Waals surface area (Å²) in [6.07, 6.45) is 2.84. The number of nitrogens with two attached hydrogens (primary N) is 1. The van der Waals surface area contributed by atoms with Crippen LogP contribution < -0.4 is 15.8 Å². The van der Waals surface area contributed by atoms with Crippen molar-refractivity contribution >= 4 is 23.5 Å². The first-order valence-corrected chi connectivity index (χ1v) is 7.65. The van der Waals surface area contributed by atoms with Crippen molar-refractivity contribution in [3.05, 3.63) is 29.3 Å². The molecule has 1 aromatic rings. The first kappa shape index (κ1) is 12.8. The molecule has 0 aliphatic carbocycles. The minimum Gasteiger partial charge on any atom is -0.369 e. The highest BCUT2D eigenvalue weighted by atomic mass is 32.2. The van der Waals surface area contributed by atoms with Gasteiger partial charge in [-0.3, -0.25) is 4.79 Å². The van der Waals surface area contributed by atoms with Crippen LogP contribution >= 0.6 is 11.9 Å². The molecule has 2 heterocycles. The highest BCUT2D eigenvalue weighted by Crippen LogP contribution is 2.48. The average Bonchev–Trinajstić information content (AvgIpc) is 2.82. The Morgan fingerprint density at radius 3 is 3.11 bits per heavy atom. The summed E-state index contributed by atoms with van der Waals surface area (Å²) in [5, 5.41) is 3.96. The van der Waals surface area contributed by atoms with Crippen molar-refractivity contribution in [1.82, 2.24) is 5.32 Å². The van der Waals surface area contributed by atoms with Gasteiger partial charge in [0.2, 0.25) is 5.91 Å². The van der Waals surface area contributed by atoms with E-state index in [4.69, 9.17) is 5.73 Å². The molecule has 1 saturated heterocycles. The Labute approximate surface area is 117 Å². The molecule has 3 rings (SSSR count). The molecule has 5 heteroatoms. The number of hydrogen-bond donors (Lipinski definition) is 3. The minimum atomic E-state index is -0.269. The number of anilines is 1. The van der Waals surface area contributed by atoms with Gasteiger partial charge in [0.05, 0.1) is 11.7 Å². The predicted molar refractivity (Wildman–Crippen MR) is 78.9 cm³/mol. The van der Waals surface area contributed by atoms with E-state index in [1.807, 2.05) is 6.07 Å². The molecule has 102 valence electrons. The molecule has 1 aromatic carbocycles. The quantitative estimate of drug-likeness (QED) is 0.737. The lowest BCUT2D eigenvalue weighted by atomic mass is 9.90. The van der Waals surface area contributed by atoms with Gasteiger partial charge in [0, 0.05) is 5.69 Å². The van der Waals surface area contributed by atoms with Crippen molar-refractivity contribution < 1.29 is 4.79 Å². The molecule has 1 unspecified atom stereocenters. The van der Waals surface area contributed by atoms with Crippen LogP contribution in [-0.2, 0) is 11.2 Å². The van der Waals surface area contributed by atoms with E-state index in [2.05, 4.69) is 22.2 Å². The Balaban J connectivity index is 1.83. The Bertz CT molecular complexity index is 486. The van der Waals surface area contributed by atoms with Gasteiger partial charge in [-0.15, -0.1) is 0 Å². The van der Waals surface area contributed by atoms with Crippen LogP contribution in [0.15, 0.2) is 18.2 Å². The summed E-state index contributed by atoms with van der Waals surface area (Å²) in [6.45, 7) is 2.22. The van der Waals surface area contributed by atoms with Gasteiger partial charge in [0.15, 0.2) is 0 Å². The molecular formula is C14H19N3OS. The van der Waals surface area contributed by atoms with E-state index < -0.39 is 0 Å². The molecule has 0 spiro atoms. The fraction of sp³-hybridized carbons (Fsp3) is 0.500. The van der Waals surface area contributed by atoms with Gasteiger partial charge in [-0.2, -0.15) is 0 Å². The van der Waals surface area contributed by atoms with Gasteiger partial charge in [-0.25, -0.2) is 0 Å². The number of hydrogen-bond acceptors (Lipinski definition) is 4.